The summed E-state index contributed by atoms with van der Waals surface area (Å²) in [6.07, 6.45) is 0. The lowest BCUT2D eigenvalue weighted by molar-refractivity contribution is 0.240. The maximum atomic E-state index is 12.0. The van der Waals surface area contributed by atoms with E-state index in [2.05, 4.69) is 16.0 Å². The average Bonchev–Trinajstić information content (AvgIpc) is 2.55. The van der Waals surface area contributed by atoms with Crippen LogP contribution in [-0.4, -0.2) is 26.3 Å². The molecule has 0 heterocycles. The third-order valence-corrected chi connectivity index (χ3v) is 3.48. The molecule has 0 bridgehead atoms. The summed E-state index contributed by atoms with van der Waals surface area (Å²) >= 11 is 5.90. The van der Waals surface area contributed by atoms with Crippen LogP contribution in [0.15, 0.2) is 36.4 Å². The standard InChI is InChI=1S/C17H18ClN3O4/c1-10-4-6-14(24-2)12(8-10)19-16(22)21-17(23)20-13-9-11(18)5-7-15(13)25-3/h4-9H,1-3H3,(H3,19,20,21,22,23). The molecule has 2 aromatic rings. The normalized spacial score (nSPS) is 9.92. The van der Waals surface area contributed by atoms with E-state index in [9.17, 15) is 9.59 Å². The molecule has 0 aliphatic heterocycles. The van der Waals surface area contributed by atoms with Gasteiger partial charge in [0.25, 0.3) is 0 Å². The number of hydrogen-bond donors (Lipinski definition) is 3. The Bertz CT molecular complexity index is 730. The minimum atomic E-state index is -0.732. The first kappa shape index (κ1) is 18.4. The molecule has 0 saturated carbocycles. The molecule has 0 aromatic heterocycles. The third-order valence-electron chi connectivity index (χ3n) is 3.24. The monoisotopic (exact) mass is 363 g/mol. The number of carbonyl (C=O) groups excluding carboxylic acids is 2. The van der Waals surface area contributed by atoms with E-state index >= 15 is 0 Å². The van der Waals surface area contributed by atoms with Crippen molar-refractivity contribution in [2.24, 2.45) is 0 Å². The maximum Gasteiger partial charge on any atom is 0.327 e. The molecule has 0 unspecified atom stereocenters. The number of carbonyl (C=O) groups is 2. The first-order valence-electron chi connectivity index (χ1n) is 7.30. The van der Waals surface area contributed by atoms with Crippen molar-refractivity contribution in [3.05, 3.63) is 47.0 Å². The van der Waals surface area contributed by atoms with Crippen molar-refractivity contribution in [2.45, 2.75) is 6.92 Å². The molecule has 0 atom stereocenters. The molecule has 0 radical (unpaired) electrons. The second kappa shape index (κ2) is 8.25. The van der Waals surface area contributed by atoms with Gasteiger partial charge in [-0.1, -0.05) is 17.7 Å². The minimum absolute atomic E-state index is 0.341. The Labute approximate surface area is 150 Å². The van der Waals surface area contributed by atoms with Crippen LogP contribution in [0.5, 0.6) is 11.5 Å². The largest absolute Gasteiger partial charge is 0.495 e. The summed E-state index contributed by atoms with van der Waals surface area (Å²) < 4.78 is 10.3. The van der Waals surface area contributed by atoms with E-state index < -0.39 is 12.1 Å². The lowest BCUT2D eigenvalue weighted by Gasteiger charge is -2.13. The van der Waals surface area contributed by atoms with Crippen molar-refractivity contribution in [1.29, 1.82) is 0 Å². The molecule has 4 amide bonds. The number of benzene rings is 2. The molecule has 2 aromatic carbocycles. The molecule has 7 nitrogen and oxygen atoms in total. The van der Waals surface area contributed by atoms with E-state index in [0.29, 0.717) is 27.9 Å². The summed E-state index contributed by atoms with van der Waals surface area (Å²) in [5, 5.41) is 7.66. The van der Waals surface area contributed by atoms with Gasteiger partial charge in [-0.25, -0.2) is 9.59 Å². The number of urea groups is 2. The van der Waals surface area contributed by atoms with E-state index in [-0.39, 0.29) is 0 Å². The fourth-order valence-corrected chi connectivity index (χ4v) is 2.28. The van der Waals surface area contributed by atoms with Crippen molar-refractivity contribution in [1.82, 2.24) is 5.32 Å². The molecule has 3 N–H and O–H groups in total. The van der Waals surface area contributed by atoms with Gasteiger partial charge in [0.05, 0.1) is 25.6 Å². The highest BCUT2D eigenvalue weighted by Gasteiger charge is 2.13. The Morgan fingerprint density at radius 3 is 1.96 bits per heavy atom. The Hall–Kier alpha value is -2.93. The van der Waals surface area contributed by atoms with Gasteiger partial charge in [0, 0.05) is 5.02 Å². The van der Waals surface area contributed by atoms with E-state index in [1.807, 2.05) is 13.0 Å². The highest BCUT2D eigenvalue weighted by molar-refractivity contribution is 6.31. The summed E-state index contributed by atoms with van der Waals surface area (Å²) in [4.78, 5) is 24.0. The number of aryl methyl sites for hydroxylation is 1. The Morgan fingerprint density at radius 1 is 0.880 bits per heavy atom. The molecule has 132 valence electrons. The van der Waals surface area contributed by atoms with Gasteiger partial charge in [-0.15, -0.1) is 0 Å². The summed E-state index contributed by atoms with van der Waals surface area (Å²) in [6, 6.07) is 8.61. The topological polar surface area (TPSA) is 88.7 Å². The molecule has 0 saturated heterocycles. The van der Waals surface area contributed by atoms with E-state index in [1.54, 1.807) is 24.3 Å². The van der Waals surface area contributed by atoms with Crippen LogP contribution in [0.1, 0.15) is 5.56 Å². The highest BCUT2D eigenvalue weighted by atomic mass is 35.5. The third kappa shape index (κ3) is 5.02. The first-order valence-corrected chi connectivity index (χ1v) is 7.68. The van der Waals surface area contributed by atoms with E-state index in [4.69, 9.17) is 21.1 Å². The van der Waals surface area contributed by atoms with Gasteiger partial charge in [0.15, 0.2) is 0 Å². The van der Waals surface area contributed by atoms with Crippen LogP contribution in [0.3, 0.4) is 0 Å². The van der Waals surface area contributed by atoms with Gasteiger partial charge < -0.3 is 20.1 Å². The van der Waals surface area contributed by atoms with Gasteiger partial charge in [-0.3, -0.25) is 5.32 Å². The SMILES string of the molecule is COc1ccc(C)cc1NC(=O)NC(=O)Nc1cc(Cl)ccc1OC. The molecule has 0 fully saturated rings. The zero-order valence-electron chi connectivity index (χ0n) is 14.0. The predicted molar refractivity (Wildman–Crippen MR) is 96.9 cm³/mol. The van der Waals surface area contributed by atoms with Gasteiger partial charge in [-0.2, -0.15) is 0 Å². The van der Waals surface area contributed by atoms with Crippen LogP contribution in [0.25, 0.3) is 0 Å². The summed E-state index contributed by atoms with van der Waals surface area (Å²) in [5.41, 5.74) is 1.73. The van der Waals surface area contributed by atoms with Crippen LogP contribution in [-0.2, 0) is 0 Å². The Balaban J connectivity index is 2.03. The van der Waals surface area contributed by atoms with Crippen molar-refractivity contribution >= 4 is 35.0 Å². The van der Waals surface area contributed by atoms with Crippen molar-refractivity contribution in [3.63, 3.8) is 0 Å². The zero-order chi connectivity index (χ0) is 18.4. The lowest BCUT2D eigenvalue weighted by Crippen LogP contribution is -2.37. The lowest BCUT2D eigenvalue weighted by atomic mass is 10.2. The van der Waals surface area contributed by atoms with E-state index in [1.165, 1.54) is 20.3 Å². The fourth-order valence-electron chi connectivity index (χ4n) is 2.11. The number of amides is 4. The zero-order valence-corrected chi connectivity index (χ0v) is 14.7. The van der Waals surface area contributed by atoms with Crippen molar-refractivity contribution < 1.29 is 19.1 Å². The van der Waals surface area contributed by atoms with Gasteiger partial charge in [0.1, 0.15) is 11.5 Å². The number of anilines is 2. The van der Waals surface area contributed by atoms with Crippen LogP contribution >= 0.6 is 11.6 Å². The smallest absolute Gasteiger partial charge is 0.327 e. The quantitative estimate of drug-likeness (QED) is 0.765. The predicted octanol–water partition coefficient (Wildman–Crippen LogP) is 4.02. The minimum Gasteiger partial charge on any atom is -0.495 e. The molecule has 0 aliphatic rings. The van der Waals surface area contributed by atoms with Gasteiger partial charge >= 0.3 is 12.1 Å². The number of halogens is 1. The van der Waals surface area contributed by atoms with Gasteiger partial charge in [-0.05, 0) is 42.8 Å². The summed E-state index contributed by atoms with van der Waals surface area (Å²) in [5.74, 6) is 0.901. The molecule has 0 aliphatic carbocycles. The molecule has 25 heavy (non-hydrogen) atoms. The average molecular weight is 364 g/mol. The van der Waals surface area contributed by atoms with Crippen LogP contribution in [0, 0.1) is 6.92 Å². The van der Waals surface area contributed by atoms with E-state index in [0.717, 1.165) is 5.56 Å². The van der Waals surface area contributed by atoms with Crippen LogP contribution in [0.2, 0.25) is 5.02 Å². The molecular formula is C17H18ClN3O4. The number of methoxy groups -OCH3 is 2. The number of hydrogen-bond acceptors (Lipinski definition) is 4. The molecule has 2 rings (SSSR count). The molecule has 0 spiro atoms. The van der Waals surface area contributed by atoms with Crippen LogP contribution < -0.4 is 25.4 Å². The highest BCUT2D eigenvalue weighted by Crippen LogP contribution is 2.27. The Morgan fingerprint density at radius 2 is 1.40 bits per heavy atom. The van der Waals surface area contributed by atoms with Crippen LogP contribution in [0.4, 0.5) is 21.0 Å². The number of nitrogens with one attached hydrogen (secondary N) is 3. The summed E-state index contributed by atoms with van der Waals surface area (Å²) in [6.45, 7) is 1.88. The van der Waals surface area contributed by atoms with Gasteiger partial charge in [0.2, 0.25) is 0 Å². The van der Waals surface area contributed by atoms with Crippen molar-refractivity contribution in [3.8, 4) is 11.5 Å². The first-order chi connectivity index (χ1) is 11.9. The molecule has 8 heteroatoms. The second-order valence-corrected chi connectivity index (χ2v) is 5.52. The summed E-state index contributed by atoms with van der Waals surface area (Å²) in [7, 11) is 2.95. The number of rotatable bonds is 4. The molecular weight excluding hydrogens is 346 g/mol. The fraction of sp³-hybridized carbons (Fsp3) is 0.176. The van der Waals surface area contributed by atoms with Crippen molar-refractivity contribution in [2.75, 3.05) is 24.9 Å². The Kier molecular flexibility index (Phi) is 6.08. The second-order valence-electron chi connectivity index (χ2n) is 5.08. The number of ether oxygens (including phenoxy) is 2. The maximum absolute atomic E-state index is 12.0. The number of imide groups is 1.